The summed E-state index contributed by atoms with van der Waals surface area (Å²) in [6.45, 7) is 0. The molecule has 4 aromatic rings. The van der Waals surface area contributed by atoms with Gasteiger partial charge in [0.2, 0.25) is 5.89 Å². The molecule has 0 bridgehead atoms. The van der Waals surface area contributed by atoms with Gasteiger partial charge >= 0.3 is 0 Å². The van der Waals surface area contributed by atoms with Crippen LogP contribution in [0, 0.1) is 0 Å². The molecule has 118 valence electrons. The van der Waals surface area contributed by atoms with Crippen LogP contribution in [0.25, 0.3) is 22.6 Å². The average Bonchev–Trinajstić information content (AvgIpc) is 3.24. The van der Waals surface area contributed by atoms with Gasteiger partial charge in [0.1, 0.15) is 5.52 Å². The van der Waals surface area contributed by atoms with E-state index >= 15 is 0 Å². The lowest BCUT2D eigenvalue weighted by Crippen LogP contribution is -2.10. The predicted molar refractivity (Wildman–Crippen MR) is 91.1 cm³/mol. The number of hydrogen-bond acceptors (Lipinski definition) is 4. The van der Waals surface area contributed by atoms with E-state index in [-0.39, 0.29) is 11.7 Å². The molecule has 0 saturated carbocycles. The zero-order chi connectivity index (χ0) is 16.5. The molecule has 4 rings (SSSR count). The van der Waals surface area contributed by atoms with Crippen LogP contribution in [-0.2, 0) is 0 Å². The summed E-state index contributed by atoms with van der Waals surface area (Å²) in [5.74, 6) is 0.353. The zero-order valence-corrected chi connectivity index (χ0v) is 13.1. The minimum atomic E-state index is -0.325. The first-order valence-electron chi connectivity index (χ1n) is 7.21. The van der Waals surface area contributed by atoms with E-state index in [0.717, 1.165) is 5.56 Å². The molecule has 1 N–H and O–H groups in total. The van der Waals surface area contributed by atoms with E-state index in [0.29, 0.717) is 27.7 Å². The lowest BCUT2D eigenvalue weighted by Gasteiger charge is -2.01. The normalized spacial score (nSPS) is 10.9. The fourth-order valence-electron chi connectivity index (χ4n) is 2.36. The minimum absolute atomic E-state index is 0.243. The van der Waals surface area contributed by atoms with E-state index in [9.17, 15) is 4.79 Å². The largest absolute Gasteiger partial charge is 0.459 e. The van der Waals surface area contributed by atoms with Crippen LogP contribution >= 0.6 is 11.6 Å². The van der Waals surface area contributed by atoms with Gasteiger partial charge in [-0.2, -0.15) is 0 Å². The first kappa shape index (κ1) is 14.5. The number of carbonyl (C=O) groups is 1. The molecule has 5 nitrogen and oxygen atoms in total. The Morgan fingerprint density at radius 3 is 2.75 bits per heavy atom. The Morgan fingerprint density at radius 2 is 1.96 bits per heavy atom. The van der Waals surface area contributed by atoms with Crippen molar-refractivity contribution in [1.82, 2.24) is 4.98 Å². The highest BCUT2D eigenvalue weighted by atomic mass is 35.5. The fraction of sp³-hybridized carbons (Fsp3) is 0. The second-order valence-electron chi connectivity index (χ2n) is 5.11. The smallest absolute Gasteiger partial charge is 0.291 e. The molecular weight excluding hydrogens is 328 g/mol. The maximum atomic E-state index is 12.0. The SMILES string of the molecule is O=C(Nc1ccc2oc(-c3ccccc3Cl)nc2c1)c1ccco1. The van der Waals surface area contributed by atoms with Gasteiger partial charge in [0.25, 0.3) is 5.91 Å². The second-order valence-corrected chi connectivity index (χ2v) is 5.52. The molecular formula is C18H11ClN2O3. The number of hydrogen-bond donors (Lipinski definition) is 1. The summed E-state index contributed by atoms with van der Waals surface area (Å²) in [5, 5.41) is 3.32. The molecule has 0 spiro atoms. The number of aromatic nitrogens is 1. The van der Waals surface area contributed by atoms with Crippen LogP contribution in [0.15, 0.2) is 69.7 Å². The Balaban J connectivity index is 1.66. The van der Waals surface area contributed by atoms with Gasteiger partial charge in [-0.25, -0.2) is 4.98 Å². The van der Waals surface area contributed by atoms with Gasteiger partial charge in [-0.1, -0.05) is 23.7 Å². The Kier molecular flexibility index (Phi) is 3.55. The van der Waals surface area contributed by atoms with E-state index < -0.39 is 0 Å². The molecule has 2 heterocycles. The molecule has 0 unspecified atom stereocenters. The van der Waals surface area contributed by atoms with E-state index in [4.69, 9.17) is 20.4 Å². The van der Waals surface area contributed by atoms with Crippen LogP contribution < -0.4 is 5.32 Å². The molecule has 0 radical (unpaired) electrons. The topological polar surface area (TPSA) is 68.3 Å². The molecule has 0 atom stereocenters. The summed E-state index contributed by atoms with van der Waals surface area (Å²) < 4.78 is 10.8. The molecule has 1 amide bonds. The van der Waals surface area contributed by atoms with Crippen LogP contribution in [0.2, 0.25) is 5.02 Å². The van der Waals surface area contributed by atoms with Crippen molar-refractivity contribution in [3.05, 3.63) is 71.6 Å². The molecule has 0 aliphatic carbocycles. The quantitative estimate of drug-likeness (QED) is 0.571. The van der Waals surface area contributed by atoms with Gasteiger partial charge in [0, 0.05) is 5.69 Å². The van der Waals surface area contributed by atoms with E-state index in [1.807, 2.05) is 18.2 Å². The molecule has 0 fully saturated rings. The van der Waals surface area contributed by atoms with Gasteiger partial charge in [0.15, 0.2) is 11.3 Å². The maximum Gasteiger partial charge on any atom is 0.291 e. The summed E-state index contributed by atoms with van der Waals surface area (Å²) >= 11 is 6.18. The van der Waals surface area contributed by atoms with Crippen LogP contribution in [0.5, 0.6) is 0 Å². The zero-order valence-electron chi connectivity index (χ0n) is 12.3. The van der Waals surface area contributed by atoms with Gasteiger partial charge in [-0.3, -0.25) is 4.79 Å². The van der Waals surface area contributed by atoms with Gasteiger partial charge in [-0.15, -0.1) is 0 Å². The highest BCUT2D eigenvalue weighted by molar-refractivity contribution is 6.33. The molecule has 0 saturated heterocycles. The number of rotatable bonds is 3. The van der Waals surface area contributed by atoms with Crippen molar-refractivity contribution in [2.45, 2.75) is 0 Å². The Bertz CT molecular complexity index is 1020. The van der Waals surface area contributed by atoms with Crippen molar-refractivity contribution in [3.63, 3.8) is 0 Å². The number of anilines is 1. The predicted octanol–water partition coefficient (Wildman–Crippen LogP) is 4.99. The summed E-state index contributed by atoms with van der Waals surface area (Å²) in [7, 11) is 0. The number of carbonyl (C=O) groups excluding carboxylic acids is 1. The average molecular weight is 339 g/mol. The maximum absolute atomic E-state index is 12.0. The minimum Gasteiger partial charge on any atom is -0.459 e. The molecule has 2 aromatic carbocycles. The standard InChI is InChI=1S/C18H11ClN2O3/c19-13-5-2-1-4-12(13)18-21-14-10-11(7-8-15(14)24-18)20-17(22)16-6-3-9-23-16/h1-10H,(H,20,22). The summed E-state index contributed by atoms with van der Waals surface area (Å²) in [6, 6.07) is 15.8. The number of nitrogens with zero attached hydrogens (tertiary/aromatic N) is 1. The molecule has 2 aromatic heterocycles. The van der Waals surface area contributed by atoms with Crippen LogP contribution in [0.1, 0.15) is 10.6 Å². The number of halogens is 1. The number of furan rings is 1. The lowest BCUT2D eigenvalue weighted by molar-refractivity contribution is 0.0996. The van der Waals surface area contributed by atoms with Crippen LogP contribution in [-0.4, -0.2) is 10.9 Å². The summed E-state index contributed by atoms with van der Waals surface area (Å²) in [5.41, 5.74) is 2.56. The van der Waals surface area contributed by atoms with Gasteiger partial charge in [-0.05, 0) is 42.5 Å². The van der Waals surface area contributed by atoms with Gasteiger partial charge in [0.05, 0.1) is 16.8 Å². The second kappa shape index (κ2) is 5.86. The van der Waals surface area contributed by atoms with Gasteiger partial charge < -0.3 is 14.2 Å². The van der Waals surface area contributed by atoms with Crippen molar-refractivity contribution in [3.8, 4) is 11.5 Å². The molecule has 0 aliphatic rings. The van der Waals surface area contributed by atoms with Crippen LogP contribution in [0.4, 0.5) is 5.69 Å². The molecule has 0 aliphatic heterocycles. The Labute approximate surface area is 141 Å². The highest BCUT2D eigenvalue weighted by Crippen LogP contribution is 2.30. The number of amides is 1. The third-order valence-electron chi connectivity index (χ3n) is 3.49. The molecule has 24 heavy (non-hydrogen) atoms. The highest BCUT2D eigenvalue weighted by Gasteiger charge is 2.13. The number of oxazole rings is 1. The monoisotopic (exact) mass is 338 g/mol. The first-order chi connectivity index (χ1) is 11.7. The van der Waals surface area contributed by atoms with Crippen LogP contribution in [0.3, 0.4) is 0 Å². The lowest BCUT2D eigenvalue weighted by atomic mass is 10.2. The Hall–Kier alpha value is -3.05. The Morgan fingerprint density at radius 1 is 1.08 bits per heavy atom. The van der Waals surface area contributed by atoms with Crippen molar-refractivity contribution in [1.29, 1.82) is 0 Å². The fourth-order valence-corrected chi connectivity index (χ4v) is 2.57. The number of nitrogens with one attached hydrogen (secondary N) is 1. The third-order valence-corrected chi connectivity index (χ3v) is 3.82. The van der Waals surface area contributed by atoms with E-state index in [1.54, 1.807) is 36.4 Å². The van der Waals surface area contributed by atoms with E-state index in [1.165, 1.54) is 6.26 Å². The van der Waals surface area contributed by atoms with Crippen molar-refractivity contribution >= 4 is 34.3 Å². The van der Waals surface area contributed by atoms with E-state index in [2.05, 4.69) is 10.3 Å². The third kappa shape index (κ3) is 2.66. The number of benzene rings is 2. The summed E-state index contributed by atoms with van der Waals surface area (Å²) in [4.78, 5) is 16.5. The summed E-state index contributed by atoms with van der Waals surface area (Å²) in [6.07, 6.45) is 1.45. The molecule has 6 heteroatoms. The number of fused-ring (bicyclic) bond motifs is 1. The van der Waals surface area contributed by atoms with Crippen molar-refractivity contribution in [2.75, 3.05) is 5.32 Å². The van der Waals surface area contributed by atoms with Crippen molar-refractivity contribution in [2.24, 2.45) is 0 Å². The first-order valence-corrected chi connectivity index (χ1v) is 7.59. The van der Waals surface area contributed by atoms with Crippen molar-refractivity contribution < 1.29 is 13.6 Å².